The van der Waals surface area contributed by atoms with Gasteiger partial charge in [-0.15, -0.1) is 4.36 Å². The lowest BCUT2D eigenvalue weighted by Crippen LogP contribution is -2.21. The molecule has 0 aliphatic carbocycles. The Labute approximate surface area is 223 Å². The maximum absolute atomic E-state index is 12.9. The molecule has 1 amide bonds. The van der Waals surface area contributed by atoms with E-state index in [1.54, 1.807) is 37.4 Å². The van der Waals surface area contributed by atoms with Gasteiger partial charge >= 0.3 is 6.09 Å². The number of aromatic nitrogens is 2. The molecule has 4 rings (SSSR count). The predicted molar refractivity (Wildman–Crippen MR) is 151 cm³/mol. The Morgan fingerprint density at radius 3 is 2.63 bits per heavy atom. The summed E-state index contributed by atoms with van der Waals surface area (Å²) in [5.41, 5.74) is 3.66. The van der Waals surface area contributed by atoms with Gasteiger partial charge in [-0.3, -0.25) is 0 Å². The minimum atomic E-state index is -2.94. The molecule has 11 heteroatoms. The monoisotopic (exact) mass is 538 g/mol. The lowest BCUT2D eigenvalue weighted by Gasteiger charge is -2.20. The van der Waals surface area contributed by atoms with Gasteiger partial charge in [0.1, 0.15) is 5.82 Å². The van der Waals surface area contributed by atoms with Crippen LogP contribution in [0.2, 0.25) is 0 Å². The van der Waals surface area contributed by atoms with Crippen molar-refractivity contribution >= 4 is 39.0 Å². The van der Waals surface area contributed by atoms with Crippen molar-refractivity contribution in [1.82, 2.24) is 9.97 Å². The molecular formula is C27H34N6O4S. The van der Waals surface area contributed by atoms with Crippen LogP contribution in [0.4, 0.5) is 27.9 Å². The molecule has 1 aliphatic heterocycles. The second kappa shape index (κ2) is 12.2. The van der Waals surface area contributed by atoms with Crippen molar-refractivity contribution in [2.45, 2.75) is 37.6 Å². The normalized spacial score (nSPS) is 15.4. The van der Waals surface area contributed by atoms with Gasteiger partial charge in [0.15, 0.2) is 0 Å². The SMILES string of the molecule is CCOC(=O)N=S(C)(=O)c1ccc(Nc2ncc(-c3cccc(N4CCCC4)c3)c(N[C@H](C)CO)n2)cc1. The van der Waals surface area contributed by atoms with Crippen LogP contribution in [0.5, 0.6) is 0 Å². The summed E-state index contributed by atoms with van der Waals surface area (Å²) in [7, 11) is -2.94. The molecule has 1 unspecified atom stereocenters. The van der Waals surface area contributed by atoms with Crippen molar-refractivity contribution in [3.63, 3.8) is 0 Å². The van der Waals surface area contributed by atoms with Crippen molar-refractivity contribution in [3.8, 4) is 11.1 Å². The Bertz CT molecular complexity index is 1380. The van der Waals surface area contributed by atoms with Gasteiger partial charge in [-0.2, -0.15) is 4.98 Å². The molecule has 1 saturated heterocycles. The molecule has 202 valence electrons. The minimum Gasteiger partial charge on any atom is -0.448 e. The Balaban J connectivity index is 1.59. The maximum atomic E-state index is 12.9. The standard InChI is InChI=1S/C27H34N6O4S/c1-4-37-27(35)32-38(3,36)23-12-10-21(11-13-23)30-26-28-17-24(25(31-26)29-19(2)18-34)20-8-7-9-22(16-20)33-14-5-6-15-33/h7-13,16-17,19,34H,4-6,14-15,18H2,1-3H3,(H2,28,29,30,31)/t19-,38?/m1/s1. The smallest absolute Gasteiger partial charge is 0.442 e. The molecule has 2 atom stereocenters. The van der Waals surface area contributed by atoms with E-state index in [-0.39, 0.29) is 19.3 Å². The predicted octanol–water partition coefficient (Wildman–Crippen LogP) is 4.89. The number of hydrogen-bond acceptors (Lipinski definition) is 9. The third-order valence-electron chi connectivity index (χ3n) is 6.14. The van der Waals surface area contributed by atoms with Crippen LogP contribution in [0.15, 0.2) is 64.0 Å². The van der Waals surface area contributed by atoms with Gasteiger partial charge in [-0.25, -0.2) is 14.0 Å². The summed E-state index contributed by atoms with van der Waals surface area (Å²) >= 11 is 0. The van der Waals surface area contributed by atoms with Crippen molar-refractivity contribution in [2.75, 3.05) is 48.1 Å². The number of aliphatic hydroxyl groups is 1. The molecule has 2 aromatic carbocycles. The summed E-state index contributed by atoms with van der Waals surface area (Å²) in [4.78, 5) is 23.7. The van der Waals surface area contributed by atoms with E-state index >= 15 is 0 Å². The van der Waals surface area contributed by atoms with E-state index in [0.29, 0.717) is 22.3 Å². The molecule has 1 aromatic heterocycles. The van der Waals surface area contributed by atoms with E-state index in [2.05, 4.69) is 37.0 Å². The van der Waals surface area contributed by atoms with Gasteiger partial charge in [-0.1, -0.05) is 12.1 Å². The molecule has 0 spiro atoms. The topological polar surface area (TPSA) is 129 Å². The summed E-state index contributed by atoms with van der Waals surface area (Å²) in [5, 5.41) is 16.1. The summed E-state index contributed by atoms with van der Waals surface area (Å²) in [6, 6.07) is 14.8. The van der Waals surface area contributed by atoms with Crippen LogP contribution in [0.1, 0.15) is 26.7 Å². The quantitative estimate of drug-likeness (QED) is 0.349. The molecule has 0 radical (unpaired) electrons. The zero-order valence-corrected chi connectivity index (χ0v) is 22.7. The molecule has 0 saturated carbocycles. The fraction of sp³-hybridized carbons (Fsp3) is 0.370. The first kappa shape index (κ1) is 27.3. The molecular weight excluding hydrogens is 504 g/mol. The van der Waals surface area contributed by atoms with Crippen LogP contribution in [-0.4, -0.2) is 64.0 Å². The first-order chi connectivity index (χ1) is 18.3. The summed E-state index contributed by atoms with van der Waals surface area (Å²) in [6.07, 6.45) is 4.71. The van der Waals surface area contributed by atoms with E-state index in [4.69, 9.17) is 9.72 Å². The number of nitrogens with one attached hydrogen (secondary N) is 2. The van der Waals surface area contributed by atoms with Crippen LogP contribution < -0.4 is 15.5 Å². The highest BCUT2D eigenvalue weighted by Gasteiger charge is 2.16. The molecule has 3 aromatic rings. The average molecular weight is 539 g/mol. The number of carbonyl (C=O) groups excluding carboxylic acids is 1. The van der Waals surface area contributed by atoms with Gasteiger partial charge in [-0.05, 0) is 68.7 Å². The van der Waals surface area contributed by atoms with E-state index in [1.165, 1.54) is 24.8 Å². The van der Waals surface area contributed by atoms with Crippen molar-refractivity contribution < 1.29 is 18.8 Å². The van der Waals surface area contributed by atoms with E-state index < -0.39 is 15.8 Å². The number of hydrogen-bond donors (Lipinski definition) is 3. The number of nitrogens with zero attached hydrogens (tertiary/aromatic N) is 4. The molecule has 10 nitrogen and oxygen atoms in total. The van der Waals surface area contributed by atoms with Crippen LogP contribution in [0.25, 0.3) is 11.1 Å². The number of rotatable bonds is 9. The van der Waals surface area contributed by atoms with Crippen molar-refractivity contribution in [2.24, 2.45) is 4.36 Å². The molecule has 1 aliphatic rings. The number of aliphatic hydroxyl groups excluding tert-OH is 1. The fourth-order valence-electron chi connectivity index (χ4n) is 4.15. The highest BCUT2D eigenvalue weighted by molar-refractivity contribution is 7.93. The van der Waals surface area contributed by atoms with E-state index in [1.807, 2.05) is 19.1 Å². The highest BCUT2D eigenvalue weighted by Crippen LogP contribution is 2.32. The summed E-state index contributed by atoms with van der Waals surface area (Å²) in [5.74, 6) is 0.960. The highest BCUT2D eigenvalue weighted by atomic mass is 32.2. The van der Waals surface area contributed by atoms with Crippen LogP contribution in [0.3, 0.4) is 0 Å². The van der Waals surface area contributed by atoms with Gasteiger partial charge in [0.2, 0.25) is 5.95 Å². The zero-order valence-electron chi connectivity index (χ0n) is 21.9. The second-order valence-electron chi connectivity index (χ2n) is 9.17. The Kier molecular flexibility index (Phi) is 8.80. The third kappa shape index (κ3) is 6.78. The second-order valence-corrected chi connectivity index (χ2v) is 11.4. The first-order valence-electron chi connectivity index (χ1n) is 12.6. The van der Waals surface area contributed by atoms with Crippen molar-refractivity contribution in [1.29, 1.82) is 0 Å². The Hall–Kier alpha value is -3.70. The largest absolute Gasteiger partial charge is 0.448 e. The van der Waals surface area contributed by atoms with Crippen molar-refractivity contribution in [3.05, 3.63) is 54.7 Å². The average Bonchev–Trinajstić information content (AvgIpc) is 3.44. The van der Waals surface area contributed by atoms with Crippen LogP contribution in [-0.2, 0) is 14.5 Å². The number of ether oxygens (including phenoxy) is 1. The lowest BCUT2D eigenvalue weighted by atomic mass is 10.1. The first-order valence-corrected chi connectivity index (χ1v) is 14.6. The van der Waals surface area contributed by atoms with Gasteiger partial charge in [0.25, 0.3) is 0 Å². The lowest BCUT2D eigenvalue weighted by molar-refractivity contribution is 0.164. The number of anilines is 4. The van der Waals surface area contributed by atoms with E-state index in [9.17, 15) is 14.1 Å². The molecule has 0 bridgehead atoms. The van der Waals surface area contributed by atoms with Crippen LogP contribution in [0, 0.1) is 0 Å². The third-order valence-corrected chi connectivity index (χ3v) is 7.78. The summed E-state index contributed by atoms with van der Waals surface area (Å²) < 4.78 is 21.3. The Morgan fingerprint density at radius 2 is 1.95 bits per heavy atom. The fourth-order valence-corrected chi connectivity index (χ4v) is 5.24. The maximum Gasteiger partial charge on any atom is 0.442 e. The minimum absolute atomic E-state index is 0.0470. The Morgan fingerprint density at radius 1 is 1.21 bits per heavy atom. The zero-order chi connectivity index (χ0) is 27.1. The molecule has 38 heavy (non-hydrogen) atoms. The van der Waals surface area contributed by atoms with Gasteiger partial charge < -0.3 is 25.4 Å². The number of carbonyl (C=O) groups is 1. The van der Waals surface area contributed by atoms with Gasteiger partial charge in [0, 0.05) is 53.4 Å². The molecule has 2 heterocycles. The number of amides is 1. The molecule has 1 fully saturated rings. The molecule has 3 N–H and O–H groups in total. The summed E-state index contributed by atoms with van der Waals surface area (Å²) in [6.45, 7) is 5.77. The van der Waals surface area contributed by atoms with Gasteiger partial charge in [0.05, 0.1) is 22.9 Å². The van der Waals surface area contributed by atoms with Crippen LogP contribution >= 0.6 is 0 Å². The van der Waals surface area contributed by atoms with E-state index in [0.717, 1.165) is 24.2 Å². The number of benzene rings is 2.